The van der Waals surface area contributed by atoms with Gasteiger partial charge in [-0.15, -0.1) is 0 Å². The van der Waals surface area contributed by atoms with Gasteiger partial charge in [-0.1, -0.05) is 46.0 Å². The topological polar surface area (TPSA) is 20.2 Å². The van der Waals surface area contributed by atoms with E-state index in [4.69, 9.17) is 0 Å². The summed E-state index contributed by atoms with van der Waals surface area (Å²) >= 11 is 0. The molecule has 1 N–H and O–H groups in total. The normalized spacial score (nSPS) is 51.1. The van der Waals surface area contributed by atoms with Crippen molar-refractivity contribution < 1.29 is 5.11 Å². The zero-order chi connectivity index (χ0) is 14.0. The van der Waals surface area contributed by atoms with E-state index >= 15 is 0 Å². The summed E-state index contributed by atoms with van der Waals surface area (Å²) in [5.41, 5.74) is 0.959. The van der Waals surface area contributed by atoms with Crippen LogP contribution in [0.25, 0.3) is 0 Å². The highest BCUT2D eigenvalue weighted by molar-refractivity contribution is 5.23. The Bertz CT molecular complexity index is 391. The van der Waals surface area contributed by atoms with Gasteiger partial charge < -0.3 is 5.11 Å². The lowest BCUT2D eigenvalue weighted by Gasteiger charge is -2.47. The molecule has 0 unspecified atom stereocenters. The Labute approximate surface area is 124 Å². The third kappa shape index (κ3) is 1.35. The van der Waals surface area contributed by atoms with Crippen LogP contribution in [0.2, 0.25) is 0 Å². The summed E-state index contributed by atoms with van der Waals surface area (Å²) in [4.78, 5) is 0. The van der Waals surface area contributed by atoms with E-state index in [9.17, 15) is 5.11 Å². The average molecular weight is 276 g/mol. The Morgan fingerprint density at radius 3 is 2.10 bits per heavy atom. The second-order valence-corrected chi connectivity index (χ2v) is 8.97. The molecule has 4 rings (SSSR count). The molecular weight excluding hydrogens is 244 g/mol. The van der Waals surface area contributed by atoms with Crippen LogP contribution in [-0.4, -0.2) is 11.2 Å². The van der Waals surface area contributed by atoms with Crippen molar-refractivity contribution in [3.63, 3.8) is 0 Å². The number of aliphatic hydroxyl groups excluding tert-OH is 1. The Balaban J connectivity index is 1.76. The Morgan fingerprint density at radius 1 is 0.800 bits per heavy atom. The molecule has 4 saturated carbocycles. The molecule has 0 aromatic carbocycles. The first-order chi connectivity index (χ1) is 9.56. The molecule has 4 fully saturated rings. The largest absolute Gasteiger partial charge is 0.392 e. The monoisotopic (exact) mass is 276 g/mol. The summed E-state index contributed by atoms with van der Waals surface area (Å²) in [6.07, 6.45) is 15.2. The molecule has 0 radical (unpaired) electrons. The van der Waals surface area contributed by atoms with E-state index in [0.29, 0.717) is 10.8 Å². The molecule has 0 amide bonds. The van der Waals surface area contributed by atoms with Crippen molar-refractivity contribution in [1.82, 2.24) is 0 Å². The maximum absolute atomic E-state index is 11.3. The quantitative estimate of drug-likeness (QED) is 0.720. The number of aliphatic hydroxyl groups is 1. The van der Waals surface area contributed by atoms with E-state index in [-0.39, 0.29) is 11.5 Å². The minimum Gasteiger partial charge on any atom is -0.392 e. The maximum Gasteiger partial charge on any atom is 0.0658 e. The van der Waals surface area contributed by atoms with E-state index in [0.717, 1.165) is 11.8 Å². The fraction of sp³-hybridized carbons (Fsp3) is 1.00. The van der Waals surface area contributed by atoms with Gasteiger partial charge in [0.15, 0.2) is 0 Å². The number of hydrogen-bond acceptors (Lipinski definition) is 1. The number of hydrogen-bond donors (Lipinski definition) is 1. The Hall–Kier alpha value is -0.0400. The van der Waals surface area contributed by atoms with E-state index in [2.05, 4.69) is 13.8 Å². The smallest absolute Gasteiger partial charge is 0.0658 e. The lowest BCUT2D eigenvalue weighted by molar-refractivity contribution is -0.0646. The second kappa shape index (κ2) is 4.24. The molecular formula is C19H32O. The van der Waals surface area contributed by atoms with Gasteiger partial charge in [0.2, 0.25) is 0 Å². The van der Waals surface area contributed by atoms with Crippen molar-refractivity contribution in [2.75, 3.05) is 0 Å². The fourth-order valence-corrected chi connectivity index (χ4v) is 7.66. The molecule has 1 spiro atoms. The maximum atomic E-state index is 11.3. The lowest BCUT2D eigenvalue weighted by atomic mass is 9.58. The molecule has 0 aliphatic heterocycles. The molecule has 0 saturated heterocycles. The molecule has 4 aliphatic carbocycles. The highest BCUT2D eigenvalue weighted by Crippen LogP contribution is 2.78. The average Bonchev–Trinajstić information content (AvgIpc) is 3.08. The van der Waals surface area contributed by atoms with E-state index in [1.165, 1.54) is 70.6 Å². The van der Waals surface area contributed by atoms with Crippen LogP contribution < -0.4 is 0 Å². The van der Waals surface area contributed by atoms with Crippen LogP contribution in [0.1, 0.15) is 84.5 Å². The first kappa shape index (κ1) is 13.6. The Morgan fingerprint density at radius 2 is 1.45 bits per heavy atom. The zero-order valence-corrected chi connectivity index (χ0v) is 13.5. The molecule has 20 heavy (non-hydrogen) atoms. The summed E-state index contributed by atoms with van der Waals surface area (Å²) in [7, 11) is 0. The van der Waals surface area contributed by atoms with Crippen molar-refractivity contribution >= 4 is 0 Å². The van der Waals surface area contributed by atoms with Gasteiger partial charge in [-0.25, -0.2) is 0 Å². The highest BCUT2D eigenvalue weighted by Gasteiger charge is 2.75. The molecule has 114 valence electrons. The van der Waals surface area contributed by atoms with Gasteiger partial charge in [0, 0.05) is 5.41 Å². The molecule has 1 nitrogen and oxygen atoms in total. The van der Waals surface area contributed by atoms with Gasteiger partial charge in [0.05, 0.1) is 6.10 Å². The lowest BCUT2D eigenvalue weighted by Crippen LogP contribution is -2.44. The predicted molar refractivity (Wildman–Crippen MR) is 82.4 cm³/mol. The van der Waals surface area contributed by atoms with Gasteiger partial charge >= 0.3 is 0 Å². The van der Waals surface area contributed by atoms with Gasteiger partial charge in [-0.3, -0.25) is 0 Å². The summed E-state index contributed by atoms with van der Waals surface area (Å²) in [6, 6.07) is 0. The molecule has 2 bridgehead atoms. The summed E-state index contributed by atoms with van der Waals surface area (Å²) in [5.74, 6) is 1.71. The molecule has 1 heteroatoms. The van der Waals surface area contributed by atoms with Crippen LogP contribution in [0.15, 0.2) is 0 Å². The van der Waals surface area contributed by atoms with Crippen LogP contribution in [0.4, 0.5) is 0 Å². The molecule has 4 aliphatic rings. The van der Waals surface area contributed by atoms with Crippen LogP contribution in [-0.2, 0) is 0 Å². The Kier molecular flexibility index (Phi) is 2.89. The van der Waals surface area contributed by atoms with Crippen molar-refractivity contribution in [2.45, 2.75) is 90.6 Å². The molecule has 0 aromatic heterocycles. The van der Waals surface area contributed by atoms with Crippen molar-refractivity contribution in [3.05, 3.63) is 0 Å². The fourth-order valence-electron chi connectivity index (χ4n) is 7.66. The number of rotatable bonds is 1. The van der Waals surface area contributed by atoms with Crippen LogP contribution in [0.3, 0.4) is 0 Å². The summed E-state index contributed by atoms with van der Waals surface area (Å²) in [5, 5.41) is 11.3. The molecule has 0 heterocycles. The van der Waals surface area contributed by atoms with E-state index in [1.54, 1.807) is 0 Å². The first-order valence-electron chi connectivity index (χ1n) is 9.24. The predicted octanol–water partition coefficient (Wildman–Crippen LogP) is 4.92. The van der Waals surface area contributed by atoms with Gasteiger partial charge in [-0.2, -0.15) is 0 Å². The SMILES string of the molecule is C[C@]1(C2CCCCC2)[C@H]2CC[C@]1(C)[C@H](O)C21CCCC1. The van der Waals surface area contributed by atoms with Crippen LogP contribution in [0, 0.1) is 28.1 Å². The van der Waals surface area contributed by atoms with Crippen molar-refractivity contribution in [2.24, 2.45) is 28.1 Å². The van der Waals surface area contributed by atoms with Gasteiger partial charge in [-0.05, 0) is 61.2 Å². The third-order valence-corrected chi connectivity index (χ3v) is 8.74. The second-order valence-electron chi connectivity index (χ2n) is 8.97. The third-order valence-electron chi connectivity index (χ3n) is 8.74. The zero-order valence-electron chi connectivity index (χ0n) is 13.5. The van der Waals surface area contributed by atoms with Gasteiger partial charge in [0.1, 0.15) is 0 Å². The van der Waals surface area contributed by atoms with Crippen molar-refractivity contribution in [1.29, 1.82) is 0 Å². The van der Waals surface area contributed by atoms with Gasteiger partial charge in [0.25, 0.3) is 0 Å². The minimum absolute atomic E-state index is 0.0109. The highest BCUT2D eigenvalue weighted by atomic mass is 16.3. The minimum atomic E-state index is -0.0109. The summed E-state index contributed by atoms with van der Waals surface area (Å²) < 4.78 is 0. The van der Waals surface area contributed by atoms with Crippen LogP contribution >= 0.6 is 0 Å². The molecule has 4 atom stereocenters. The first-order valence-corrected chi connectivity index (χ1v) is 9.24. The van der Waals surface area contributed by atoms with E-state index in [1.807, 2.05) is 0 Å². The van der Waals surface area contributed by atoms with E-state index < -0.39 is 0 Å². The summed E-state index contributed by atoms with van der Waals surface area (Å²) in [6.45, 7) is 5.05. The standard InChI is InChI=1S/C19H32O/c1-17-13-10-15(19(16(17)20)11-6-7-12-19)18(17,2)14-8-4-3-5-9-14/h14-16,20H,3-13H2,1-2H3/t15-,16+,17-,18+/m1/s1. The van der Waals surface area contributed by atoms with Crippen molar-refractivity contribution in [3.8, 4) is 0 Å². The van der Waals surface area contributed by atoms with Crippen LogP contribution in [0.5, 0.6) is 0 Å². The molecule has 0 aromatic rings. The number of fused-ring (bicyclic) bond motifs is 3.